The smallest absolute Gasteiger partial charge is 0.243 e. The lowest BCUT2D eigenvalue weighted by atomic mass is 10.2. The number of amides is 2. The van der Waals surface area contributed by atoms with Crippen molar-refractivity contribution in [2.45, 2.75) is 6.92 Å². The van der Waals surface area contributed by atoms with Gasteiger partial charge in [-0.05, 0) is 34.3 Å². The Labute approximate surface area is 125 Å². The van der Waals surface area contributed by atoms with Gasteiger partial charge in [-0.3, -0.25) is 9.59 Å². The molecule has 0 radical (unpaired) electrons. The molecule has 2 N–H and O–H groups in total. The van der Waals surface area contributed by atoms with E-state index in [1.54, 1.807) is 17.8 Å². The Bertz CT molecular complexity index is 454. The van der Waals surface area contributed by atoms with E-state index in [1.165, 1.54) is 0 Å². The average Bonchev–Trinajstić information content (AvgIpc) is 2.39. The third-order valence-electron chi connectivity index (χ3n) is 2.44. The number of hydrogen-bond acceptors (Lipinski definition) is 3. The van der Waals surface area contributed by atoms with Crippen LogP contribution in [0.2, 0.25) is 0 Å². The van der Waals surface area contributed by atoms with Crippen LogP contribution in [0.25, 0.3) is 0 Å². The quantitative estimate of drug-likeness (QED) is 0.833. The Morgan fingerprint density at radius 2 is 2.05 bits per heavy atom. The van der Waals surface area contributed by atoms with E-state index in [9.17, 15) is 9.59 Å². The van der Waals surface area contributed by atoms with Crippen molar-refractivity contribution in [3.63, 3.8) is 0 Å². The van der Waals surface area contributed by atoms with Crippen LogP contribution in [0.15, 0.2) is 28.7 Å². The molecule has 6 heteroatoms. The van der Waals surface area contributed by atoms with Crippen LogP contribution in [0.3, 0.4) is 0 Å². The molecule has 0 aliphatic rings. The molecule has 1 atom stereocenters. The van der Waals surface area contributed by atoms with Crippen LogP contribution in [-0.4, -0.2) is 30.4 Å². The number of halogens is 1. The van der Waals surface area contributed by atoms with Crippen molar-refractivity contribution in [1.29, 1.82) is 0 Å². The topological polar surface area (TPSA) is 58.2 Å². The number of benzene rings is 1. The summed E-state index contributed by atoms with van der Waals surface area (Å²) in [6, 6.07) is 7.33. The third-order valence-corrected chi connectivity index (χ3v) is 3.96. The molecular weight excluding hydrogens is 328 g/mol. The van der Waals surface area contributed by atoms with Gasteiger partial charge in [-0.15, -0.1) is 0 Å². The van der Waals surface area contributed by atoms with E-state index in [2.05, 4.69) is 26.6 Å². The molecule has 2 amide bonds. The largest absolute Gasteiger partial charge is 0.347 e. The second-order valence-electron chi connectivity index (χ2n) is 4.10. The molecule has 1 aromatic carbocycles. The summed E-state index contributed by atoms with van der Waals surface area (Å²) in [6.45, 7) is 1.83. The second-order valence-corrected chi connectivity index (χ2v) is 5.87. The molecule has 4 nitrogen and oxygen atoms in total. The van der Waals surface area contributed by atoms with Crippen LogP contribution in [0, 0.1) is 5.92 Å². The summed E-state index contributed by atoms with van der Waals surface area (Å²) >= 11 is 4.95. The summed E-state index contributed by atoms with van der Waals surface area (Å²) < 4.78 is 0.811. The maximum absolute atomic E-state index is 11.7. The summed E-state index contributed by atoms with van der Waals surface area (Å²) in [7, 11) is 0. The van der Waals surface area contributed by atoms with Crippen molar-refractivity contribution >= 4 is 45.2 Å². The summed E-state index contributed by atoms with van der Waals surface area (Å²) in [4.78, 5) is 23.3. The van der Waals surface area contributed by atoms with Gasteiger partial charge in [0.2, 0.25) is 11.8 Å². The van der Waals surface area contributed by atoms with Crippen LogP contribution < -0.4 is 10.6 Å². The van der Waals surface area contributed by atoms with E-state index in [4.69, 9.17) is 0 Å². The van der Waals surface area contributed by atoms with Gasteiger partial charge in [0, 0.05) is 16.1 Å². The molecule has 0 unspecified atom stereocenters. The third kappa shape index (κ3) is 5.65. The first-order valence-electron chi connectivity index (χ1n) is 5.85. The molecule has 0 aromatic heterocycles. The molecule has 0 aliphatic carbocycles. The zero-order valence-electron chi connectivity index (χ0n) is 10.9. The Kier molecular flexibility index (Phi) is 6.94. The number of carbonyl (C=O) groups is 2. The molecule has 0 saturated carbocycles. The predicted molar refractivity (Wildman–Crippen MR) is 83.3 cm³/mol. The minimum Gasteiger partial charge on any atom is -0.347 e. The molecule has 19 heavy (non-hydrogen) atoms. The van der Waals surface area contributed by atoms with Crippen molar-refractivity contribution in [2.75, 3.05) is 23.9 Å². The van der Waals surface area contributed by atoms with E-state index >= 15 is 0 Å². The lowest BCUT2D eigenvalue weighted by Gasteiger charge is -2.11. The van der Waals surface area contributed by atoms with E-state index in [0.717, 1.165) is 10.2 Å². The molecule has 0 fully saturated rings. The van der Waals surface area contributed by atoms with Gasteiger partial charge in [0.05, 0.1) is 12.2 Å². The van der Waals surface area contributed by atoms with Crippen molar-refractivity contribution in [2.24, 2.45) is 5.92 Å². The molecule has 0 bridgehead atoms. The number of rotatable bonds is 6. The fraction of sp³-hybridized carbons (Fsp3) is 0.385. The summed E-state index contributed by atoms with van der Waals surface area (Å²) in [5, 5.41) is 5.36. The van der Waals surface area contributed by atoms with Crippen molar-refractivity contribution in [3.8, 4) is 0 Å². The van der Waals surface area contributed by atoms with Crippen LogP contribution >= 0.6 is 27.7 Å². The lowest BCUT2D eigenvalue weighted by Crippen LogP contribution is -2.36. The number of para-hydroxylation sites is 1. The van der Waals surface area contributed by atoms with Gasteiger partial charge in [-0.1, -0.05) is 19.1 Å². The molecule has 0 spiro atoms. The lowest BCUT2D eigenvalue weighted by molar-refractivity contribution is -0.126. The highest BCUT2D eigenvalue weighted by Crippen LogP contribution is 2.20. The van der Waals surface area contributed by atoms with Gasteiger partial charge in [-0.2, -0.15) is 11.8 Å². The molecule has 0 heterocycles. The Morgan fingerprint density at radius 1 is 1.37 bits per heavy atom. The van der Waals surface area contributed by atoms with E-state index in [0.29, 0.717) is 5.69 Å². The zero-order valence-corrected chi connectivity index (χ0v) is 13.3. The van der Waals surface area contributed by atoms with E-state index < -0.39 is 0 Å². The fourth-order valence-corrected chi connectivity index (χ4v) is 2.46. The first-order chi connectivity index (χ1) is 9.04. The highest BCUT2D eigenvalue weighted by Gasteiger charge is 2.13. The number of nitrogens with one attached hydrogen (secondary N) is 2. The average molecular weight is 345 g/mol. The second kappa shape index (κ2) is 8.22. The minimum absolute atomic E-state index is 0.0150. The molecular formula is C13H17BrN2O2S. The summed E-state index contributed by atoms with van der Waals surface area (Å²) in [5.74, 6) is 0.317. The highest BCUT2D eigenvalue weighted by atomic mass is 79.9. The van der Waals surface area contributed by atoms with Crippen LogP contribution in [0.1, 0.15) is 6.92 Å². The van der Waals surface area contributed by atoms with Crippen molar-refractivity contribution < 1.29 is 9.59 Å². The molecule has 0 aliphatic heterocycles. The van der Waals surface area contributed by atoms with Gasteiger partial charge in [0.1, 0.15) is 0 Å². The Hall–Kier alpha value is -1.01. The number of carbonyl (C=O) groups excluding carboxylic acids is 2. The van der Waals surface area contributed by atoms with Crippen molar-refractivity contribution in [3.05, 3.63) is 28.7 Å². The SMILES string of the molecule is CSC[C@@H](C)C(=O)NCC(=O)Nc1ccccc1Br. The van der Waals surface area contributed by atoms with Crippen LogP contribution in [0.5, 0.6) is 0 Å². The molecule has 104 valence electrons. The number of anilines is 1. The summed E-state index contributed by atoms with van der Waals surface area (Å²) in [6.07, 6.45) is 1.95. The van der Waals surface area contributed by atoms with Crippen LogP contribution in [0.4, 0.5) is 5.69 Å². The normalized spacial score (nSPS) is 11.7. The monoisotopic (exact) mass is 344 g/mol. The van der Waals surface area contributed by atoms with Gasteiger partial charge in [-0.25, -0.2) is 0 Å². The maximum atomic E-state index is 11.7. The van der Waals surface area contributed by atoms with Gasteiger partial charge < -0.3 is 10.6 Å². The van der Waals surface area contributed by atoms with Crippen molar-refractivity contribution in [1.82, 2.24) is 5.32 Å². The zero-order chi connectivity index (χ0) is 14.3. The van der Waals surface area contributed by atoms with Gasteiger partial charge in [0.15, 0.2) is 0 Å². The first kappa shape index (κ1) is 16.0. The molecule has 0 saturated heterocycles. The standard InChI is InChI=1S/C13H17BrN2O2S/c1-9(8-19-2)13(18)15-7-12(17)16-11-6-4-3-5-10(11)14/h3-6,9H,7-8H2,1-2H3,(H,15,18)(H,16,17)/t9-/m1/s1. The fourth-order valence-electron chi connectivity index (χ4n) is 1.42. The predicted octanol–water partition coefficient (Wildman–Crippen LogP) is 2.50. The Morgan fingerprint density at radius 3 is 2.68 bits per heavy atom. The number of hydrogen-bond donors (Lipinski definition) is 2. The number of thioether (sulfide) groups is 1. The minimum atomic E-state index is -0.239. The maximum Gasteiger partial charge on any atom is 0.243 e. The summed E-state index contributed by atoms with van der Waals surface area (Å²) in [5.41, 5.74) is 0.693. The van der Waals surface area contributed by atoms with E-state index in [-0.39, 0.29) is 24.3 Å². The van der Waals surface area contributed by atoms with Crippen LogP contribution in [-0.2, 0) is 9.59 Å². The first-order valence-corrected chi connectivity index (χ1v) is 8.04. The molecule has 1 rings (SSSR count). The molecule has 1 aromatic rings. The van der Waals surface area contributed by atoms with Gasteiger partial charge >= 0.3 is 0 Å². The van der Waals surface area contributed by atoms with Gasteiger partial charge in [0.25, 0.3) is 0 Å². The van der Waals surface area contributed by atoms with E-state index in [1.807, 2.05) is 31.4 Å². The highest BCUT2D eigenvalue weighted by molar-refractivity contribution is 9.10. The Balaban J connectivity index is 2.40.